The Labute approximate surface area is 92.3 Å². The molecule has 0 bridgehead atoms. The first-order chi connectivity index (χ1) is 7.45. The Bertz CT molecular complexity index is 205. The highest BCUT2D eigenvalue weighted by Gasteiger charge is 2.36. The number of hydrazine groups is 3. The third-order valence-electron chi connectivity index (χ3n) is 3.60. The molecule has 0 amide bonds. The minimum atomic E-state index is 1.26. The first-order valence-electron chi connectivity index (χ1n) is 6.50. The maximum absolute atomic E-state index is 2.57. The van der Waals surface area contributed by atoms with Crippen LogP contribution in [0.3, 0.4) is 0 Å². The van der Waals surface area contributed by atoms with E-state index in [9.17, 15) is 0 Å². The van der Waals surface area contributed by atoms with E-state index in [1.165, 1.54) is 71.4 Å². The molecule has 86 valence electrons. The van der Waals surface area contributed by atoms with Gasteiger partial charge in [-0.15, -0.1) is 5.23 Å². The number of hydrogen-bond donors (Lipinski definition) is 0. The van der Waals surface area contributed by atoms with Crippen molar-refractivity contribution in [3.05, 3.63) is 0 Å². The zero-order valence-electron chi connectivity index (χ0n) is 9.57. The predicted molar refractivity (Wildman–Crippen MR) is 59.6 cm³/mol. The molecular formula is C11H22N4. The fourth-order valence-corrected chi connectivity index (χ4v) is 2.47. The minimum Gasteiger partial charge on any atom is -0.213 e. The summed E-state index contributed by atoms with van der Waals surface area (Å²) in [4.78, 5) is 0. The van der Waals surface area contributed by atoms with Crippen LogP contribution in [0.1, 0.15) is 32.1 Å². The molecule has 0 aromatic carbocycles. The van der Waals surface area contributed by atoms with Gasteiger partial charge >= 0.3 is 0 Å². The van der Waals surface area contributed by atoms with Crippen molar-refractivity contribution in [3.63, 3.8) is 0 Å². The van der Waals surface area contributed by atoms with Gasteiger partial charge in [-0.25, -0.2) is 15.0 Å². The lowest BCUT2D eigenvalue weighted by Gasteiger charge is -2.46. The molecule has 4 heteroatoms. The van der Waals surface area contributed by atoms with E-state index in [4.69, 9.17) is 0 Å². The molecule has 0 unspecified atom stereocenters. The van der Waals surface area contributed by atoms with Crippen LogP contribution in [0.4, 0.5) is 0 Å². The lowest BCUT2D eigenvalue weighted by atomic mass is 10.2. The van der Waals surface area contributed by atoms with Gasteiger partial charge in [-0.3, -0.25) is 0 Å². The average Bonchev–Trinajstić information content (AvgIpc) is 2.99. The summed E-state index contributed by atoms with van der Waals surface area (Å²) in [6.07, 6.45) is 6.96. The van der Waals surface area contributed by atoms with Gasteiger partial charge in [-0.1, -0.05) is 12.8 Å². The van der Waals surface area contributed by atoms with E-state index in [1.807, 2.05) is 0 Å². The highest BCUT2D eigenvalue weighted by molar-refractivity contribution is 4.74. The van der Waals surface area contributed by atoms with Gasteiger partial charge in [0, 0.05) is 39.3 Å². The molecule has 15 heavy (non-hydrogen) atoms. The first-order valence-corrected chi connectivity index (χ1v) is 6.50. The maximum Gasteiger partial charge on any atom is 0.0304 e. The third kappa shape index (κ3) is 2.18. The van der Waals surface area contributed by atoms with Crippen LogP contribution in [0.15, 0.2) is 0 Å². The largest absolute Gasteiger partial charge is 0.213 e. The van der Waals surface area contributed by atoms with Crippen LogP contribution in [-0.4, -0.2) is 59.5 Å². The molecule has 3 aliphatic rings. The monoisotopic (exact) mass is 210 g/mol. The predicted octanol–water partition coefficient (Wildman–Crippen LogP) is 0.931. The lowest BCUT2D eigenvalue weighted by Crippen LogP contribution is -2.60. The van der Waals surface area contributed by atoms with Gasteiger partial charge in [0.2, 0.25) is 0 Å². The van der Waals surface area contributed by atoms with Crippen molar-refractivity contribution in [2.45, 2.75) is 32.1 Å². The van der Waals surface area contributed by atoms with Crippen molar-refractivity contribution in [2.24, 2.45) is 0 Å². The molecule has 0 N–H and O–H groups in total. The van der Waals surface area contributed by atoms with Crippen LogP contribution in [0.2, 0.25) is 0 Å². The van der Waals surface area contributed by atoms with E-state index >= 15 is 0 Å². The second-order valence-electron chi connectivity index (χ2n) is 4.90. The van der Waals surface area contributed by atoms with Crippen molar-refractivity contribution in [3.8, 4) is 0 Å². The van der Waals surface area contributed by atoms with Gasteiger partial charge in [0.05, 0.1) is 0 Å². The highest BCUT2D eigenvalue weighted by Crippen LogP contribution is 2.23. The SMILES string of the molecule is C1CCCN(N(N2CCC2)N2CC2)CC1. The molecule has 3 rings (SSSR count). The van der Waals surface area contributed by atoms with Crippen LogP contribution in [0.5, 0.6) is 0 Å². The van der Waals surface area contributed by atoms with Crippen LogP contribution in [-0.2, 0) is 0 Å². The molecule has 3 fully saturated rings. The third-order valence-corrected chi connectivity index (χ3v) is 3.60. The van der Waals surface area contributed by atoms with Gasteiger partial charge in [0.25, 0.3) is 0 Å². The normalized spacial score (nSPS) is 30.2. The summed E-state index contributed by atoms with van der Waals surface area (Å²) < 4.78 is 0. The Kier molecular flexibility index (Phi) is 2.92. The lowest BCUT2D eigenvalue weighted by molar-refractivity contribution is -0.288. The van der Waals surface area contributed by atoms with E-state index in [1.54, 1.807) is 0 Å². The fraction of sp³-hybridized carbons (Fsp3) is 1.00. The van der Waals surface area contributed by atoms with E-state index in [0.717, 1.165) is 0 Å². The van der Waals surface area contributed by atoms with Crippen molar-refractivity contribution < 1.29 is 0 Å². The van der Waals surface area contributed by atoms with E-state index in [2.05, 4.69) is 20.3 Å². The Balaban J connectivity index is 1.63. The second-order valence-corrected chi connectivity index (χ2v) is 4.90. The molecule has 4 nitrogen and oxygen atoms in total. The van der Waals surface area contributed by atoms with E-state index in [-0.39, 0.29) is 0 Å². The molecule has 0 radical (unpaired) electrons. The summed E-state index contributed by atoms with van der Waals surface area (Å²) in [7, 11) is 0. The topological polar surface area (TPSA) is 12.7 Å². The second kappa shape index (κ2) is 4.37. The molecule has 0 aromatic heterocycles. The van der Waals surface area contributed by atoms with E-state index < -0.39 is 0 Å². The average molecular weight is 210 g/mol. The summed E-state index contributed by atoms with van der Waals surface area (Å²) >= 11 is 0. The van der Waals surface area contributed by atoms with Gasteiger partial charge in [0.1, 0.15) is 0 Å². The quantitative estimate of drug-likeness (QED) is 0.642. The summed E-state index contributed by atoms with van der Waals surface area (Å²) in [6, 6.07) is 0. The smallest absolute Gasteiger partial charge is 0.0304 e. The zero-order valence-corrected chi connectivity index (χ0v) is 9.57. The van der Waals surface area contributed by atoms with Crippen molar-refractivity contribution in [2.75, 3.05) is 39.3 Å². The number of rotatable bonds is 3. The molecule has 0 aliphatic carbocycles. The zero-order chi connectivity index (χ0) is 10.1. The first kappa shape index (κ1) is 10.0. The van der Waals surface area contributed by atoms with Crippen LogP contribution in [0, 0.1) is 0 Å². The Morgan fingerprint density at radius 1 is 0.467 bits per heavy atom. The van der Waals surface area contributed by atoms with Gasteiger partial charge in [0.15, 0.2) is 0 Å². The summed E-state index contributed by atoms with van der Waals surface area (Å²) in [5.41, 5.74) is 0. The Hall–Kier alpha value is -0.160. The van der Waals surface area contributed by atoms with Crippen molar-refractivity contribution in [1.29, 1.82) is 0 Å². The molecule has 3 aliphatic heterocycles. The molecular weight excluding hydrogens is 188 g/mol. The molecule has 0 saturated carbocycles. The Morgan fingerprint density at radius 3 is 1.33 bits per heavy atom. The number of nitrogens with zero attached hydrogens (tertiary/aromatic N) is 4. The molecule has 0 aromatic rings. The van der Waals surface area contributed by atoms with E-state index in [0.29, 0.717) is 0 Å². The van der Waals surface area contributed by atoms with Crippen LogP contribution in [0.25, 0.3) is 0 Å². The summed E-state index contributed by atoms with van der Waals surface area (Å²) in [5, 5.41) is 10.00. The molecule has 0 atom stereocenters. The minimum absolute atomic E-state index is 1.26. The number of hydrogen-bond acceptors (Lipinski definition) is 4. The van der Waals surface area contributed by atoms with Gasteiger partial charge in [-0.2, -0.15) is 0 Å². The highest BCUT2D eigenvalue weighted by atomic mass is 16.1. The summed E-state index contributed by atoms with van der Waals surface area (Å²) in [6.45, 7) is 7.54. The fourth-order valence-electron chi connectivity index (χ4n) is 2.47. The summed E-state index contributed by atoms with van der Waals surface area (Å²) in [5.74, 6) is 0. The molecule has 0 spiro atoms. The van der Waals surface area contributed by atoms with Crippen molar-refractivity contribution >= 4 is 0 Å². The van der Waals surface area contributed by atoms with Crippen LogP contribution < -0.4 is 0 Å². The van der Waals surface area contributed by atoms with Gasteiger partial charge in [-0.05, 0) is 19.3 Å². The Morgan fingerprint density at radius 2 is 0.933 bits per heavy atom. The standard InChI is InChI=1S/C11H22N4/c1-2-4-7-12(6-3-1)15(14-10-11-14)13-8-5-9-13/h1-11H2. The van der Waals surface area contributed by atoms with Crippen molar-refractivity contribution in [1.82, 2.24) is 20.3 Å². The maximum atomic E-state index is 2.57. The molecule has 3 saturated heterocycles. The molecule has 3 heterocycles. The van der Waals surface area contributed by atoms with Crippen LogP contribution >= 0.6 is 0 Å². The van der Waals surface area contributed by atoms with Gasteiger partial charge < -0.3 is 0 Å².